The quantitative estimate of drug-likeness (QED) is 0.789. The molecular formula is C15H18N2OS2. The van der Waals surface area contributed by atoms with Crippen LogP contribution in [0.3, 0.4) is 0 Å². The molecule has 5 heteroatoms. The molecule has 1 N–H and O–H groups in total. The van der Waals surface area contributed by atoms with Crippen molar-refractivity contribution in [3.8, 4) is 11.3 Å². The second-order valence-corrected chi connectivity index (χ2v) is 6.16. The summed E-state index contributed by atoms with van der Waals surface area (Å²) in [6, 6.07) is 8.28. The lowest BCUT2D eigenvalue weighted by Gasteiger charge is -2.00. The van der Waals surface area contributed by atoms with Crippen molar-refractivity contribution >= 4 is 34.1 Å². The molecule has 0 saturated heterocycles. The molecule has 0 bridgehead atoms. The van der Waals surface area contributed by atoms with E-state index in [0.29, 0.717) is 11.6 Å². The van der Waals surface area contributed by atoms with Crippen molar-refractivity contribution in [2.75, 3.05) is 11.6 Å². The monoisotopic (exact) mass is 306 g/mol. The molecule has 1 amide bonds. The first-order valence-corrected chi connectivity index (χ1v) is 8.73. The fraction of sp³-hybridized carbons (Fsp3) is 0.333. The molecule has 0 unspecified atom stereocenters. The average molecular weight is 306 g/mol. The van der Waals surface area contributed by atoms with Crippen molar-refractivity contribution in [1.29, 1.82) is 0 Å². The summed E-state index contributed by atoms with van der Waals surface area (Å²) in [5.74, 6) is 0.0467. The van der Waals surface area contributed by atoms with Crippen LogP contribution in [0.25, 0.3) is 11.3 Å². The average Bonchev–Trinajstić information content (AvgIpc) is 2.93. The van der Waals surface area contributed by atoms with Gasteiger partial charge < -0.3 is 5.32 Å². The van der Waals surface area contributed by atoms with Crippen LogP contribution in [0.2, 0.25) is 0 Å². The summed E-state index contributed by atoms with van der Waals surface area (Å²) in [6.07, 6.45) is 4.56. The fourth-order valence-electron chi connectivity index (χ4n) is 1.74. The van der Waals surface area contributed by atoms with Crippen LogP contribution < -0.4 is 5.32 Å². The molecule has 1 aromatic heterocycles. The van der Waals surface area contributed by atoms with Crippen LogP contribution in [-0.4, -0.2) is 17.1 Å². The Morgan fingerprint density at radius 3 is 2.75 bits per heavy atom. The van der Waals surface area contributed by atoms with Crippen molar-refractivity contribution in [1.82, 2.24) is 4.98 Å². The van der Waals surface area contributed by atoms with Gasteiger partial charge in [-0.2, -0.15) is 0 Å². The number of hydrogen-bond donors (Lipinski definition) is 1. The number of nitrogens with zero attached hydrogens (tertiary/aromatic N) is 1. The van der Waals surface area contributed by atoms with Crippen LogP contribution in [0.4, 0.5) is 5.13 Å². The third kappa shape index (κ3) is 4.08. The highest BCUT2D eigenvalue weighted by Crippen LogP contribution is 2.26. The predicted molar refractivity (Wildman–Crippen MR) is 87.5 cm³/mol. The van der Waals surface area contributed by atoms with Gasteiger partial charge in [0.2, 0.25) is 5.91 Å². The van der Waals surface area contributed by atoms with Gasteiger partial charge in [-0.25, -0.2) is 4.98 Å². The lowest BCUT2D eigenvalue weighted by atomic mass is 10.2. The first-order chi connectivity index (χ1) is 9.72. The van der Waals surface area contributed by atoms with Gasteiger partial charge in [-0.1, -0.05) is 25.5 Å². The highest BCUT2D eigenvalue weighted by Gasteiger charge is 2.07. The van der Waals surface area contributed by atoms with Gasteiger partial charge >= 0.3 is 0 Å². The van der Waals surface area contributed by atoms with Crippen LogP contribution in [0.15, 0.2) is 34.5 Å². The maximum atomic E-state index is 11.7. The zero-order valence-corrected chi connectivity index (χ0v) is 13.3. The maximum Gasteiger partial charge on any atom is 0.226 e. The van der Waals surface area contributed by atoms with E-state index in [9.17, 15) is 4.79 Å². The first-order valence-electron chi connectivity index (χ1n) is 6.62. The van der Waals surface area contributed by atoms with E-state index in [4.69, 9.17) is 0 Å². The Balaban J connectivity index is 2.02. The SMILES string of the molecule is CCCCC(=O)Nc1nc(-c2ccc(SC)cc2)cs1. The van der Waals surface area contributed by atoms with E-state index < -0.39 is 0 Å². The van der Waals surface area contributed by atoms with Crippen molar-refractivity contribution in [3.05, 3.63) is 29.6 Å². The molecule has 2 rings (SSSR count). The standard InChI is InChI=1S/C15H18N2OS2/c1-3-4-5-14(18)17-15-16-13(10-20-15)11-6-8-12(19-2)9-7-11/h6-10H,3-5H2,1-2H3,(H,16,17,18). The van der Waals surface area contributed by atoms with E-state index in [0.717, 1.165) is 24.1 Å². The van der Waals surface area contributed by atoms with E-state index in [1.54, 1.807) is 11.8 Å². The Kier molecular flexibility index (Phi) is 5.61. The highest BCUT2D eigenvalue weighted by molar-refractivity contribution is 7.98. The molecule has 0 spiro atoms. The molecule has 20 heavy (non-hydrogen) atoms. The third-order valence-corrected chi connectivity index (χ3v) is 4.40. The van der Waals surface area contributed by atoms with E-state index in [-0.39, 0.29) is 5.91 Å². The summed E-state index contributed by atoms with van der Waals surface area (Å²) >= 11 is 3.19. The van der Waals surface area contributed by atoms with Crippen LogP contribution >= 0.6 is 23.1 Å². The zero-order valence-electron chi connectivity index (χ0n) is 11.7. The second-order valence-electron chi connectivity index (χ2n) is 4.42. The van der Waals surface area contributed by atoms with Crippen LogP contribution in [-0.2, 0) is 4.79 Å². The molecule has 0 aliphatic rings. The minimum atomic E-state index is 0.0467. The van der Waals surface area contributed by atoms with Gasteiger partial charge in [0.1, 0.15) is 0 Å². The van der Waals surface area contributed by atoms with E-state index in [2.05, 4.69) is 47.7 Å². The number of anilines is 1. The molecule has 0 aliphatic carbocycles. The Hall–Kier alpha value is -1.33. The number of amides is 1. The molecule has 0 aliphatic heterocycles. The Morgan fingerprint density at radius 1 is 1.35 bits per heavy atom. The molecule has 0 saturated carbocycles. The molecule has 2 aromatic rings. The Labute approximate surface area is 127 Å². The van der Waals surface area contributed by atoms with Gasteiger partial charge in [-0.15, -0.1) is 23.1 Å². The van der Waals surface area contributed by atoms with Gasteiger partial charge in [-0.05, 0) is 24.8 Å². The summed E-state index contributed by atoms with van der Waals surface area (Å²) in [7, 11) is 0. The largest absolute Gasteiger partial charge is 0.302 e. The molecule has 3 nitrogen and oxygen atoms in total. The molecule has 106 valence electrons. The highest BCUT2D eigenvalue weighted by atomic mass is 32.2. The Morgan fingerprint density at radius 2 is 2.10 bits per heavy atom. The van der Waals surface area contributed by atoms with Gasteiger partial charge in [0, 0.05) is 22.3 Å². The topological polar surface area (TPSA) is 42.0 Å². The molecule has 0 radical (unpaired) electrons. The number of thioether (sulfide) groups is 1. The number of nitrogens with one attached hydrogen (secondary N) is 1. The minimum Gasteiger partial charge on any atom is -0.302 e. The number of carbonyl (C=O) groups is 1. The number of aromatic nitrogens is 1. The zero-order chi connectivity index (χ0) is 14.4. The molecule has 0 fully saturated rings. The number of benzene rings is 1. The van der Waals surface area contributed by atoms with Crippen LogP contribution in [0, 0.1) is 0 Å². The number of thiazole rings is 1. The van der Waals surface area contributed by atoms with Crippen molar-refractivity contribution in [3.63, 3.8) is 0 Å². The van der Waals surface area contributed by atoms with Crippen molar-refractivity contribution in [2.24, 2.45) is 0 Å². The Bertz CT molecular complexity index is 564. The number of hydrogen-bond acceptors (Lipinski definition) is 4. The van der Waals surface area contributed by atoms with Crippen LogP contribution in [0.1, 0.15) is 26.2 Å². The molecule has 0 atom stereocenters. The lowest BCUT2D eigenvalue weighted by Crippen LogP contribution is -2.10. The fourth-order valence-corrected chi connectivity index (χ4v) is 2.89. The van der Waals surface area contributed by atoms with Gasteiger partial charge in [0.25, 0.3) is 0 Å². The number of rotatable bonds is 6. The van der Waals surface area contributed by atoms with E-state index in [1.165, 1.54) is 16.2 Å². The van der Waals surface area contributed by atoms with E-state index >= 15 is 0 Å². The summed E-state index contributed by atoms with van der Waals surface area (Å²) in [6.45, 7) is 2.08. The third-order valence-electron chi connectivity index (χ3n) is 2.89. The van der Waals surface area contributed by atoms with Gasteiger partial charge in [0.15, 0.2) is 5.13 Å². The summed E-state index contributed by atoms with van der Waals surface area (Å²) in [4.78, 5) is 17.4. The smallest absolute Gasteiger partial charge is 0.226 e. The van der Waals surface area contributed by atoms with Crippen molar-refractivity contribution < 1.29 is 4.79 Å². The summed E-state index contributed by atoms with van der Waals surface area (Å²) < 4.78 is 0. The first kappa shape index (κ1) is 15.1. The summed E-state index contributed by atoms with van der Waals surface area (Å²) in [5, 5.41) is 5.51. The number of unbranched alkanes of at least 4 members (excludes halogenated alkanes) is 1. The lowest BCUT2D eigenvalue weighted by molar-refractivity contribution is -0.116. The van der Waals surface area contributed by atoms with Crippen LogP contribution in [0.5, 0.6) is 0 Å². The van der Waals surface area contributed by atoms with Crippen molar-refractivity contribution in [2.45, 2.75) is 31.1 Å². The van der Waals surface area contributed by atoms with Gasteiger partial charge in [-0.3, -0.25) is 4.79 Å². The minimum absolute atomic E-state index is 0.0467. The molecule has 1 heterocycles. The molecule has 1 aromatic carbocycles. The summed E-state index contributed by atoms with van der Waals surface area (Å²) in [5.41, 5.74) is 1.99. The molecular weight excluding hydrogens is 288 g/mol. The maximum absolute atomic E-state index is 11.7. The number of carbonyl (C=O) groups excluding carboxylic acids is 1. The van der Waals surface area contributed by atoms with E-state index in [1.807, 2.05) is 5.38 Å². The predicted octanol–water partition coefficient (Wildman–Crippen LogP) is 4.66. The van der Waals surface area contributed by atoms with Gasteiger partial charge in [0.05, 0.1) is 5.69 Å². The second kappa shape index (κ2) is 7.45. The normalized spacial score (nSPS) is 10.5.